The van der Waals surface area contributed by atoms with Crippen molar-refractivity contribution in [3.05, 3.63) is 23.8 Å². The van der Waals surface area contributed by atoms with Crippen LogP contribution in [0.3, 0.4) is 0 Å². The molecule has 0 N–H and O–H groups in total. The molecule has 5 aliphatic rings. The fraction of sp³-hybridized carbons (Fsp3) is 0.714. The third-order valence-electron chi connectivity index (χ3n) is 8.56. The number of ketones is 2. The maximum absolute atomic E-state index is 13.9. The summed E-state index contributed by atoms with van der Waals surface area (Å²) >= 11 is 0. The third kappa shape index (κ3) is 1.38. The molecule has 6 atom stereocenters. The number of Topliss-reactive ketones (excluding diaryl/α,β-unsaturated/α-hetero) is 2. The van der Waals surface area contributed by atoms with Crippen LogP contribution in [0.15, 0.2) is 23.8 Å². The van der Waals surface area contributed by atoms with E-state index in [1.165, 1.54) is 0 Å². The molecule has 3 aliphatic carbocycles. The number of carbonyl (C=O) groups is 2. The molecule has 0 aromatic carbocycles. The summed E-state index contributed by atoms with van der Waals surface area (Å²) in [5, 5.41) is 0. The Kier molecular flexibility index (Phi) is 2.82. The van der Waals surface area contributed by atoms with Crippen molar-refractivity contribution in [2.24, 2.45) is 28.6 Å². The monoisotopic (exact) mass is 325 g/mol. The lowest BCUT2D eigenvalue weighted by molar-refractivity contribution is -0.157. The third-order valence-corrected chi connectivity index (χ3v) is 8.56. The number of fused-ring (bicyclic) bond motifs is 1. The molecule has 1 spiro atoms. The van der Waals surface area contributed by atoms with Crippen molar-refractivity contribution in [1.82, 2.24) is 4.90 Å². The van der Waals surface area contributed by atoms with Gasteiger partial charge in [0.15, 0.2) is 5.78 Å². The first-order valence-electron chi connectivity index (χ1n) is 9.62. The molecule has 2 heterocycles. The van der Waals surface area contributed by atoms with Gasteiger partial charge in [0.25, 0.3) is 0 Å². The molecule has 4 fully saturated rings. The van der Waals surface area contributed by atoms with Gasteiger partial charge in [-0.1, -0.05) is 26.5 Å². The lowest BCUT2D eigenvalue weighted by Gasteiger charge is -2.59. The zero-order valence-corrected chi connectivity index (χ0v) is 14.8. The van der Waals surface area contributed by atoms with Crippen molar-refractivity contribution in [3.63, 3.8) is 0 Å². The van der Waals surface area contributed by atoms with Crippen LogP contribution in [0.4, 0.5) is 0 Å². The number of hydrogen-bond acceptors (Lipinski definition) is 3. The van der Waals surface area contributed by atoms with Crippen LogP contribution in [0.2, 0.25) is 0 Å². The Balaban J connectivity index is 1.83. The van der Waals surface area contributed by atoms with Crippen molar-refractivity contribution in [2.45, 2.75) is 52.0 Å². The van der Waals surface area contributed by atoms with E-state index in [4.69, 9.17) is 0 Å². The highest BCUT2D eigenvalue weighted by Gasteiger charge is 2.73. The first-order chi connectivity index (χ1) is 11.4. The van der Waals surface area contributed by atoms with Crippen LogP contribution >= 0.6 is 0 Å². The predicted molar refractivity (Wildman–Crippen MR) is 92.4 cm³/mol. The van der Waals surface area contributed by atoms with E-state index in [-0.39, 0.29) is 17.1 Å². The van der Waals surface area contributed by atoms with Gasteiger partial charge in [0.05, 0.1) is 5.41 Å². The predicted octanol–water partition coefficient (Wildman–Crippen LogP) is 3.16. The van der Waals surface area contributed by atoms with Gasteiger partial charge < -0.3 is 0 Å². The maximum Gasteiger partial charge on any atom is 0.160 e. The molecule has 3 heteroatoms. The van der Waals surface area contributed by atoms with Gasteiger partial charge in [0.1, 0.15) is 5.78 Å². The number of allylic oxidation sites excluding steroid dienone is 3. The number of carbonyl (C=O) groups excluding carboxylic acids is 2. The average Bonchev–Trinajstić information content (AvgIpc) is 3.06. The Bertz CT molecular complexity index is 707. The first-order valence-corrected chi connectivity index (χ1v) is 9.62. The molecule has 0 aromatic rings. The minimum Gasteiger partial charge on any atom is -0.299 e. The molecule has 2 saturated carbocycles. The van der Waals surface area contributed by atoms with Gasteiger partial charge in [-0.05, 0) is 43.1 Å². The van der Waals surface area contributed by atoms with Crippen molar-refractivity contribution in [3.8, 4) is 0 Å². The maximum atomic E-state index is 13.9. The molecule has 0 aromatic heterocycles. The smallest absolute Gasteiger partial charge is 0.160 e. The van der Waals surface area contributed by atoms with Crippen LogP contribution in [-0.2, 0) is 9.59 Å². The molecule has 5 rings (SSSR count). The fourth-order valence-electron chi connectivity index (χ4n) is 7.47. The molecular weight excluding hydrogens is 298 g/mol. The Hall–Kier alpha value is -1.22. The number of rotatable bonds is 1. The van der Waals surface area contributed by atoms with Gasteiger partial charge >= 0.3 is 0 Å². The summed E-state index contributed by atoms with van der Waals surface area (Å²) in [4.78, 5) is 29.6. The molecule has 2 aliphatic heterocycles. The van der Waals surface area contributed by atoms with Crippen LogP contribution in [0, 0.1) is 28.6 Å². The topological polar surface area (TPSA) is 37.4 Å². The highest BCUT2D eigenvalue weighted by atomic mass is 16.1. The molecule has 0 radical (unpaired) electrons. The highest BCUT2D eigenvalue weighted by Crippen LogP contribution is 2.70. The second kappa shape index (κ2) is 4.49. The first kappa shape index (κ1) is 15.1. The molecule has 2 saturated heterocycles. The van der Waals surface area contributed by atoms with Gasteiger partial charge in [-0.25, -0.2) is 0 Å². The summed E-state index contributed by atoms with van der Waals surface area (Å²) in [7, 11) is 0. The quantitative estimate of drug-likeness (QED) is 0.743. The van der Waals surface area contributed by atoms with E-state index in [2.05, 4.69) is 25.3 Å². The molecule has 0 amide bonds. The van der Waals surface area contributed by atoms with Crippen LogP contribution in [0.25, 0.3) is 0 Å². The summed E-state index contributed by atoms with van der Waals surface area (Å²) in [5.74, 6) is 1.68. The number of nitrogens with zero attached hydrogens (tertiary/aromatic N) is 1. The van der Waals surface area contributed by atoms with Crippen LogP contribution < -0.4 is 0 Å². The average molecular weight is 325 g/mol. The largest absolute Gasteiger partial charge is 0.299 e. The van der Waals surface area contributed by atoms with E-state index in [9.17, 15) is 9.59 Å². The van der Waals surface area contributed by atoms with Crippen LogP contribution in [0.5, 0.6) is 0 Å². The molecule has 3 nitrogen and oxygen atoms in total. The van der Waals surface area contributed by atoms with Crippen LogP contribution in [0.1, 0.15) is 46.0 Å². The SMILES string of the molecule is C=CC1=C2C(=O)CCC3CN4CC(C)C5CC4C3(C)C2(CC1)C5=O. The van der Waals surface area contributed by atoms with Crippen molar-refractivity contribution in [2.75, 3.05) is 13.1 Å². The zero-order chi connectivity index (χ0) is 16.9. The minimum absolute atomic E-state index is 0.0625. The lowest BCUT2D eigenvalue weighted by atomic mass is 9.45. The van der Waals surface area contributed by atoms with E-state index < -0.39 is 5.41 Å². The van der Waals surface area contributed by atoms with E-state index in [1.807, 2.05) is 6.08 Å². The summed E-state index contributed by atoms with van der Waals surface area (Å²) in [6.07, 6.45) is 6.13. The number of piperidine rings is 1. The summed E-state index contributed by atoms with van der Waals surface area (Å²) in [6, 6.07) is 0.478. The number of hydrogen-bond donors (Lipinski definition) is 0. The zero-order valence-electron chi connectivity index (χ0n) is 14.8. The molecule has 2 bridgehead atoms. The van der Waals surface area contributed by atoms with Gasteiger partial charge in [-0.3, -0.25) is 14.5 Å². The Morgan fingerprint density at radius 1 is 1.25 bits per heavy atom. The van der Waals surface area contributed by atoms with Crippen LogP contribution in [-0.4, -0.2) is 35.6 Å². The molecule has 24 heavy (non-hydrogen) atoms. The van der Waals surface area contributed by atoms with Gasteiger partial charge in [0, 0.05) is 42.5 Å². The van der Waals surface area contributed by atoms with Gasteiger partial charge in [-0.15, -0.1) is 0 Å². The standard InChI is InChI=1S/C21H27NO2/c1-4-13-7-8-21-18(13)16(23)6-5-14-11-22-10-12(2)15(19(21)24)9-17(22)20(14,21)3/h4,12,14-15,17H,1,5-11H2,2-3H3. The summed E-state index contributed by atoms with van der Waals surface area (Å²) < 4.78 is 0. The molecule has 128 valence electrons. The lowest BCUT2D eigenvalue weighted by Crippen LogP contribution is -2.65. The van der Waals surface area contributed by atoms with Crippen molar-refractivity contribution >= 4 is 11.6 Å². The van der Waals surface area contributed by atoms with Gasteiger partial charge in [0.2, 0.25) is 0 Å². The van der Waals surface area contributed by atoms with Crippen molar-refractivity contribution in [1.29, 1.82) is 0 Å². The normalized spacial score (nSPS) is 50.1. The second-order valence-corrected chi connectivity index (χ2v) is 9.10. The van der Waals surface area contributed by atoms with E-state index in [1.54, 1.807) is 0 Å². The minimum atomic E-state index is -0.522. The molecular formula is C21H27NO2. The van der Waals surface area contributed by atoms with E-state index >= 15 is 0 Å². The Morgan fingerprint density at radius 3 is 2.79 bits per heavy atom. The van der Waals surface area contributed by atoms with E-state index in [0.29, 0.717) is 30.1 Å². The summed E-state index contributed by atoms with van der Waals surface area (Å²) in [6.45, 7) is 10.7. The van der Waals surface area contributed by atoms with Gasteiger partial charge in [-0.2, -0.15) is 0 Å². The Labute approximate surface area is 144 Å². The molecule has 6 unspecified atom stereocenters. The van der Waals surface area contributed by atoms with E-state index in [0.717, 1.165) is 49.9 Å². The van der Waals surface area contributed by atoms with Crippen molar-refractivity contribution < 1.29 is 9.59 Å². The highest BCUT2D eigenvalue weighted by molar-refractivity contribution is 6.08. The summed E-state index contributed by atoms with van der Waals surface area (Å²) in [5.41, 5.74) is 1.37. The fourth-order valence-corrected chi connectivity index (χ4v) is 7.47. The Morgan fingerprint density at radius 2 is 2.04 bits per heavy atom. The second-order valence-electron chi connectivity index (χ2n) is 9.10.